The number of fused-ring (bicyclic) bond motifs is 3. The van der Waals surface area contributed by atoms with Gasteiger partial charge in [-0.2, -0.15) is 0 Å². The van der Waals surface area contributed by atoms with Crippen molar-refractivity contribution in [3.63, 3.8) is 0 Å². The molecule has 0 fully saturated rings. The van der Waals surface area contributed by atoms with Gasteiger partial charge in [0.1, 0.15) is 0 Å². The summed E-state index contributed by atoms with van der Waals surface area (Å²) in [7, 11) is 0. The maximum Gasteiger partial charge on any atom is 0.0487 e. The molecule has 1 aliphatic carbocycles. The van der Waals surface area contributed by atoms with Gasteiger partial charge in [-0.05, 0) is 47.9 Å². The van der Waals surface area contributed by atoms with E-state index >= 15 is 0 Å². The second kappa shape index (κ2) is 5.15. The zero-order chi connectivity index (χ0) is 13.4. The maximum atomic E-state index is 6.48. The van der Waals surface area contributed by atoms with E-state index in [1.807, 2.05) is 0 Å². The molecule has 100 valence electrons. The van der Waals surface area contributed by atoms with Gasteiger partial charge in [-0.1, -0.05) is 49.7 Å². The first-order valence-electron chi connectivity index (χ1n) is 7.16. The first-order valence-corrected chi connectivity index (χ1v) is 7.54. The van der Waals surface area contributed by atoms with Gasteiger partial charge < -0.3 is 5.32 Å². The molecule has 2 unspecified atom stereocenters. The summed E-state index contributed by atoms with van der Waals surface area (Å²) in [5.41, 5.74) is 2.90. The summed E-state index contributed by atoms with van der Waals surface area (Å²) >= 11 is 6.48. The lowest BCUT2D eigenvalue weighted by atomic mass is 9.78. The van der Waals surface area contributed by atoms with Crippen LogP contribution in [0.2, 0.25) is 5.02 Å². The topological polar surface area (TPSA) is 12.0 Å². The van der Waals surface area contributed by atoms with E-state index in [9.17, 15) is 0 Å². The van der Waals surface area contributed by atoms with Gasteiger partial charge in [0.15, 0.2) is 0 Å². The third kappa shape index (κ3) is 2.15. The predicted octanol–water partition coefficient (Wildman–Crippen LogP) is 5.04. The van der Waals surface area contributed by atoms with Crippen LogP contribution in [0, 0.1) is 0 Å². The Bertz CT molecular complexity index is 605. The molecule has 2 atom stereocenters. The number of rotatable bonds is 2. The number of hydrogen-bond donors (Lipinski definition) is 1. The van der Waals surface area contributed by atoms with Crippen LogP contribution in [0.4, 0.5) is 0 Å². The summed E-state index contributed by atoms with van der Waals surface area (Å²) < 4.78 is 0. The molecule has 0 saturated carbocycles. The molecule has 0 bridgehead atoms. The van der Waals surface area contributed by atoms with Crippen LogP contribution in [-0.2, 0) is 0 Å². The number of nitrogens with one attached hydrogen (secondary N) is 1. The van der Waals surface area contributed by atoms with E-state index in [1.54, 1.807) is 0 Å². The minimum absolute atomic E-state index is 0.457. The predicted molar refractivity (Wildman–Crippen MR) is 83.0 cm³/mol. The highest BCUT2D eigenvalue weighted by Crippen LogP contribution is 2.43. The van der Waals surface area contributed by atoms with Gasteiger partial charge in [0, 0.05) is 16.5 Å². The molecule has 0 spiro atoms. The molecule has 3 rings (SSSR count). The third-order valence-electron chi connectivity index (χ3n) is 4.27. The first-order chi connectivity index (χ1) is 9.22. The Balaban J connectivity index is 2.27. The van der Waals surface area contributed by atoms with E-state index in [1.165, 1.54) is 34.7 Å². The lowest BCUT2D eigenvalue weighted by Crippen LogP contribution is -2.26. The molecule has 1 aliphatic rings. The van der Waals surface area contributed by atoms with Crippen molar-refractivity contribution in [2.24, 2.45) is 0 Å². The van der Waals surface area contributed by atoms with Crippen molar-refractivity contribution in [3.05, 3.63) is 46.5 Å². The summed E-state index contributed by atoms with van der Waals surface area (Å²) in [6, 6.07) is 11.2. The van der Waals surface area contributed by atoms with E-state index in [0.29, 0.717) is 12.0 Å². The quantitative estimate of drug-likeness (QED) is 0.808. The van der Waals surface area contributed by atoms with E-state index < -0.39 is 0 Å². The average molecular weight is 274 g/mol. The molecule has 0 heterocycles. The highest BCUT2D eigenvalue weighted by Gasteiger charge is 2.26. The number of hydrogen-bond acceptors (Lipinski definition) is 1. The van der Waals surface area contributed by atoms with Crippen LogP contribution in [0.25, 0.3) is 10.8 Å². The van der Waals surface area contributed by atoms with Gasteiger partial charge >= 0.3 is 0 Å². The summed E-state index contributed by atoms with van der Waals surface area (Å²) in [6.07, 6.45) is 2.45. The van der Waals surface area contributed by atoms with Crippen LogP contribution in [0.5, 0.6) is 0 Å². The molecule has 0 amide bonds. The summed E-state index contributed by atoms with van der Waals surface area (Å²) in [6.45, 7) is 5.50. The maximum absolute atomic E-state index is 6.48. The molecule has 0 aliphatic heterocycles. The van der Waals surface area contributed by atoms with Gasteiger partial charge in [-0.25, -0.2) is 0 Å². The Labute approximate surface area is 120 Å². The molecule has 2 aromatic rings. The van der Waals surface area contributed by atoms with E-state index in [2.05, 4.69) is 49.5 Å². The summed E-state index contributed by atoms with van der Waals surface area (Å²) in [5, 5.41) is 7.00. The van der Waals surface area contributed by atoms with Crippen LogP contribution in [0.1, 0.15) is 49.8 Å². The number of halogens is 1. The Morgan fingerprint density at radius 3 is 2.68 bits per heavy atom. The van der Waals surface area contributed by atoms with Crippen molar-refractivity contribution >= 4 is 22.4 Å². The van der Waals surface area contributed by atoms with E-state index in [-0.39, 0.29) is 0 Å². The SMILES string of the molecule is CCNC1CCC(C)c2c1cc(Cl)c1ccccc21. The third-order valence-corrected chi connectivity index (χ3v) is 4.59. The lowest BCUT2D eigenvalue weighted by molar-refractivity contribution is 0.443. The Morgan fingerprint density at radius 1 is 1.21 bits per heavy atom. The minimum Gasteiger partial charge on any atom is -0.310 e. The van der Waals surface area contributed by atoms with E-state index in [0.717, 1.165) is 11.6 Å². The zero-order valence-electron chi connectivity index (χ0n) is 11.5. The highest BCUT2D eigenvalue weighted by atomic mass is 35.5. The van der Waals surface area contributed by atoms with Crippen molar-refractivity contribution in [1.82, 2.24) is 5.32 Å². The number of benzene rings is 2. The Morgan fingerprint density at radius 2 is 1.95 bits per heavy atom. The molecule has 0 radical (unpaired) electrons. The molecule has 1 nitrogen and oxygen atoms in total. The van der Waals surface area contributed by atoms with Crippen LogP contribution in [-0.4, -0.2) is 6.54 Å². The summed E-state index contributed by atoms with van der Waals surface area (Å²) in [4.78, 5) is 0. The van der Waals surface area contributed by atoms with Gasteiger partial charge in [-0.15, -0.1) is 0 Å². The fourth-order valence-electron chi connectivity index (χ4n) is 3.39. The molecule has 0 aromatic heterocycles. The van der Waals surface area contributed by atoms with Crippen molar-refractivity contribution in [3.8, 4) is 0 Å². The molecule has 1 N–H and O–H groups in total. The highest BCUT2D eigenvalue weighted by molar-refractivity contribution is 6.35. The molecular formula is C17H20ClN. The standard InChI is InChI=1S/C17H20ClN/c1-3-19-16-9-8-11(2)17-13-7-5-4-6-12(13)15(18)10-14(16)17/h4-7,10-11,16,19H,3,8-9H2,1-2H3. The molecule has 0 saturated heterocycles. The monoisotopic (exact) mass is 273 g/mol. The normalized spacial score (nSPS) is 22.5. The second-order valence-corrected chi connectivity index (χ2v) is 5.90. The van der Waals surface area contributed by atoms with Gasteiger partial charge in [0.25, 0.3) is 0 Å². The first kappa shape index (κ1) is 13.0. The van der Waals surface area contributed by atoms with Gasteiger partial charge in [0.2, 0.25) is 0 Å². The molecular weight excluding hydrogens is 254 g/mol. The lowest BCUT2D eigenvalue weighted by Gasteiger charge is -2.32. The van der Waals surface area contributed by atoms with Crippen molar-refractivity contribution in [1.29, 1.82) is 0 Å². The summed E-state index contributed by atoms with van der Waals surface area (Å²) in [5.74, 6) is 0.618. The molecule has 19 heavy (non-hydrogen) atoms. The van der Waals surface area contributed by atoms with Gasteiger partial charge in [-0.3, -0.25) is 0 Å². The Hall–Kier alpha value is -1.05. The van der Waals surface area contributed by atoms with Gasteiger partial charge in [0.05, 0.1) is 0 Å². The van der Waals surface area contributed by atoms with E-state index in [4.69, 9.17) is 11.6 Å². The van der Waals surface area contributed by atoms with Crippen molar-refractivity contribution in [2.75, 3.05) is 6.54 Å². The van der Waals surface area contributed by atoms with Crippen molar-refractivity contribution in [2.45, 2.75) is 38.6 Å². The van der Waals surface area contributed by atoms with Crippen LogP contribution in [0.3, 0.4) is 0 Å². The molecule has 2 heteroatoms. The molecule has 2 aromatic carbocycles. The smallest absolute Gasteiger partial charge is 0.0487 e. The fourth-order valence-corrected chi connectivity index (χ4v) is 3.67. The van der Waals surface area contributed by atoms with Crippen LogP contribution < -0.4 is 5.32 Å². The zero-order valence-corrected chi connectivity index (χ0v) is 12.3. The Kier molecular flexibility index (Phi) is 3.51. The van der Waals surface area contributed by atoms with Crippen LogP contribution in [0.15, 0.2) is 30.3 Å². The van der Waals surface area contributed by atoms with Crippen LogP contribution >= 0.6 is 11.6 Å². The fraction of sp³-hybridized carbons (Fsp3) is 0.412. The second-order valence-electron chi connectivity index (χ2n) is 5.50. The largest absolute Gasteiger partial charge is 0.310 e. The average Bonchev–Trinajstić information content (AvgIpc) is 2.42. The minimum atomic E-state index is 0.457. The van der Waals surface area contributed by atoms with Crippen molar-refractivity contribution < 1.29 is 0 Å².